The van der Waals surface area contributed by atoms with E-state index in [0.29, 0.717) is 0 Å². The number of fused-ring (bicyclic) bond motifs is 1. The maximum atomic E-state index is 10.0. The van der Waals surface area contributed by atoms with Gasteiger partial charge in [0.2, 0.25) is 0 Å². The highest BCUT2D eigenvalue weighted by molar-refractivity contribution is 5.38. The van der Waals surface area contributed by atoms with E-state index in [0.717, 1.165) is 12.0 Å². The molecule has 0 fully saturated rings. The molecule has 84 valence electrons. The second-order valence-electron chi connectivity index (χ2n) is 4.77. The first-order valence-electron chi connectivity index (χ1n) is 5.78. The molecule has 0 amide bonds. The van der Waals surface area contributed by atoms with E-state index in [9.17, 15) is 5.11 Å². The van der Waals surface area contributed by atoms with Crippen molar-refractivity contribution in [3.05, 3.63) is 34.9 Å². The molecule has 1 aliphatic carbocycles. The van der Waals surface area contributed by atoms with Crippen LogP contribution in [0.5, 0.6) is 0 Å². The van der Waals surface area contributed by atoms with Gasteiger partial charge in [0.1, 0.15) is 0 Å². The van der Waals surface area contributed by atoms with Crippen LogP contribution in [-0.2, 0) is 6.42 Å². The molecule has 0 radical (unpaired) electrons. The van der Waals surface area contributed by atoms with E-state index in [1.54, 1.807) is 0 Å². The fourth-order valence-corrected chi connectivity index (χ4v) is 2.16. The van der Waals surface area contributed by atoms with Gasteiger partial charge in [-0.3, -0.25) is 0 Å². The number of aryl methyl sites for hydroxylation is 1. The SMILES string of the molecule is CC.Cc1ccc2c(c1)CC(C)(C)C2O. The van der Waals surface area contributed by atoms with Gasteiger partial charge in [-0.05, 0) is 29.9 Å². The third kappa shape index (κ3) is 2.23. The van der Waals surface area contributed by atoms with Gasteiger partial charge in [-0.25, -0.2) is 0 Å². The smallest absolute Gasteiger partial charge is 0.0846 e. The molecule has 1 aromatic rings. The summed E-state index contributed by atoms with van der Waals surface area (Å²) in [6.07, 6.45) is 0.702. The maximum Gasteiger partial charge on any atom is 0.0846 e. The van der Waals surface area contributed by atoms with Gasteiger partial charge in [0.25, 0.3) is 0 Å². The molecule has 0 saturated carbocycles. The summed E-state index contributed by atoms with van der Waals surface area (Å²) in [7, 11) is 0. The van der Waals surface area contributed by atoms with Crippen molar-refractivity contribution < 1.29 is 5.11 Å². The quantitative estimate of drug-likeness (QED) is 0.687. The predicted octanol–water partition coefficient (Wildman–Crippen LogP) is 3.64. The summed E-state index contributed by atoms with van der Waals surface area (Å²) >= 11 is 0. The highest BCUT2D eigenvalue weighted by Crippen LogP contribution is 2.44. The molecule has 0 aliphatic heterocycles. The standard InChI is InChI=1S/C12H16O.C2H6/c1-8-4-5-10-9(6-8)7-12(2,3)11(10)13;1-2/h4-6,11,13H,7H2,1-3H3;1-2H3. The van der Waals surface area contributed by atoms with E-state index in [4.69, 9.17) is 0 Å². The molecule has 1 N–H and O–H groups in total. The maximum absolute atomic E-state index is 10.0. The second-order valence-corrected chi connectivity index (χ2v) is 4.77. The summed E-state index contributed by atoms with van der Waals surface area (Å²) in [6.45, 7) is 10.3. The highest BCUT2D eigenvalue weighted by atomic mass is 16.3. The molecule has 0 spiro atoms. The van der Waals surface area contributed by atoms with Crippen molar-refractivity contribution in [1.82, 2.24) is 0 Å². The van der Waals surface area contributed by atoms with Crippen LogP contribution in [0.25, 0.3) is 0 Å². The van der Waals surface area contributed by atoms with E-state index < -0.39 is 0 Å². The van der Waals surface area contributed by atoms with E-state index >= 15 is 0 Å². The van der Waals surface area contributed by atoms with Gasteiger partial charge in [-0.15, -0.1) is 0 Å². The van der Waals surface area contributed by atoms with Gasteiger partial charge in [-0.2, -0.15) is 0 Å². The van der Waals surface area contributed by atoms with Crippen molar-refractivity contribution in [3.8, 4) is 0 Å². The summed E-state index contributed by atoms with van der Waals surface area (Å²) in [5.41, 5.74) is 3.73. The fourth-order valence-electron chi connectivity index (χ4n) is 2.16. The molecule has 1 aliphatic rings. The second kappa shape index (κ2) is 4.36. The summed E-state index contributed by atoms with van der Waals surface area (Å²) in [4.78, 5) is 0. The van der Waals surface area contributed by atoms with Crippen LogP contribution in [0.2, 0.25) is 0 Å². The normalized spacial score (nSPS) is 21.6. The Morgan fingerprint density at radius 1 is 1.27 bits per heavy atom. The molecule has 0 heterocycles. The minimum Gasteiger partial charge on any atom is -0.388 e. The molecule has 2 rings (SSSR count). The van der Waals surface area contributed by atoms with E-state index in [1.165, 1.54) is 11.1 Å². The number of aliphatic hydroxyl groups is 1. The van der Waals surface area contributed by atoms with Crippen LogP contribution in [-0.4, -0.2) is 5.11 Å². The van der Waals surface area contributed by atoms with Gasteiger partial charge in [0, 0.05) is 0 Å². The molecule has 0 saturated heterocycles. The minimum atomic E-state index is -0.289. The molecular weight excluding hydrogens is 184 g/mol. The van der Waals surface area contributed by atoms with Crippen molar-refractivity contribution in [2.24, 2.45) is 5.41 Å². The van der Waals surface area contributed by atoms with E-state index in [2.05, 4.69) is 39.0 Å². The predicted molar refractivity (Wildman–Crippen MR) is 65.0 cm³/mol. The number of rotatable bonds is 0. The molecule has 1 unspecified atom stereocenters. The Kier molecular flexibility index (Phi) is 3.56. The highest BCUT2D eigenvalue weighted by Gasteiger charge is 2.37. The third-order valence-electron chi connectivity index (χ3n) is 2.98. The van der Waals surface area contributed by atoms with Gasteiger partial charge in [0.05, 0.1) is 6.10 Å². The van der Waals surface area contributed by atoms with Crippen LogP contribution in [0.1, 0.15) is 50.5 Å². The Labute approximate surface area is 93.1 Å². The molecule has 1 atom stereocenters. The lowest BCUT2D eigenvalue weighted by Gasteiger charge is -2.22. The van der Waals surface area contributed by atoms with Crippen LogP contribution >= 0.6 is 0 Å². The van der Waals surface area contributed by atoms with Crippen molar-refractivity contribution in [2.75, 3.05) is 0 Å². The lowest BCUT2D eigenvalue weighted by Crippen LogP contribution is -2.16. The van der Waals surface area contributed by atoms with Crippen LogP contribution in [0, 0.1) is 12.3 Å². The molecular formula is C14H22O. The molecule has 0 aromatic heterocycles. The summed E-state index contributed by atoms with van der Waals surface area (Å²) in [5.74, 6) is 0. The lowest BCUT2D eigenvalue weighted by atomic mass is 9.88. The number of benzene rings is 1. The first-order valence-corrected chi connectivity index (χ1v) is 5.78. The number of hydrogen-bond acceptors (Lipinski definition) is 1. The molecule has 0 bridgehead atoms. The van der Waals surface area contributed by atoms with Crippen molar-refractivity contribution in [1.29, 1.82) is 0 Å². The van der Waals surface area contributed by atoms with Gasteiger partial charge >= 0.3 is 0 Å². The number of hydrogen-bond donors (Lipinski definition) is 1. The Hall–Kier alpha value is -0.820. The summed E-state index contributed by atoms with van der Waals surface area (Å²) < 4.78 is 0. The van der Waals surface area contributed by atoms with Gasteiger partial charge < -0.3 is 5.11 Å². The Morgan fingerprint density at radius 2 is 1.87 bits per heavy atom. The van der Waals surface area contributed by atoms with Gasteiger partial charge in [-0.1, -0.05) is 51.5 Å². The largest absolute Gasteiger partial charge is 0.388 e. The third-order valence-corrected chi connectivity index (χ3v) is 2.98. The monoisotopic (exact) mass is 206 g/mol. The number of aliphatic hydroxyl groups excluding tert-OH is 1. The van der Waals surface area contributed by atoms with Gasteiger partial charge in [0.15, 0.2) is 0 Å². The molecule has 1 aromatic carbocycles. The fraction of sp³-hybridized carbons (Fsp3) is 0.571. The zero-order valence-electron chi connectivity index (χ0n) is 10.5. The first kappa shape index (κ1) is 12.3. The van der Waals surface area contributed by atoms with Crippen LogP contribution in [0.15, 0.2) is 18.2 Å². The lowest BCUT2D eigenvalue weighted by molar-refractivity contribution is 0.0666. The molecule has 15 heavy (non-hydrogen) atoms. The van der Waals surface area contributed by atoms with Crippen LogP contribution in [0.4, 0.5) is 0 Å². The van der Waals surface area contributed by atoms with Crippen LogP contribution in [0.3, 0.4) is 0 Å². The van der Waals surface area contributed by atoms with Crippen LogP contribution < -0.4 is 0 Å². The van der Waals surface area contributed by atoms with Crippen molar-refractivity contribution in [3.63, 3.8) is 0 Å². The zero-order valence-corrected chi connectivity index (χ0v) is 10.5. The van der Waals surface area contributed by atoms with E-state index in [-0.39, 0.29) is 11.5 Å². The average molecular weight is 206 g/mol. The van der Waals surface area contributed by atoms with Crippen molar-refractivity contribution in [2.45, 2.75) is 47.1 Å². The average Bonchev–Trinajstić information content (AvgIpc) is 2.40. The minimum absolute atomic E-state index is 0.0100. The van der Waals surface area contributed by atoms with Crippen molar-refractivity contribution >= 4 is 0 Å². The Balaban J connectivity index is 0.000000531. The summed E-state index contributed by atoms with van der Waals surface area (Å²) in [6, 6.07) is 6.32. The first-order chi connectivity index (χ1) is 7.00. The Bertz CT molecular complexity index is 339. The van der Waals surface area contributed by atoms with E-state index in [1.807, 2.05) is 13.8 Å². The topological polar surface area (TPSA) is 20.2 Å². The molecule has 1 heteroatoms. The Morgan fingerprint density at radius 3 is 2.47 bits per heavy atom. The zero-order chi connectivity index (χ0) is 11.6. The summed E-state index contributed by atoms with van der Waals surface area (Å²) in [5, 5.41) is 10.0. The molecule has 1 nitrogen and oxygen atoms in total.